The predicted molar refractivity (Wildman–Crippen MR) is 90.7 cm³/mol. The van der Waals surface area contributed by atoms with Crippen LogP contribution in [0.15, 0.2) is 0 Å². The van der Waals surface area contributed by atoms with E-state index in [0.717, 1.165) is 51.7 Å². The number of nitrogens with zero attached hydrogens (tertiary/aromatic N) is 1. The molecule has 0 radical (unpaired) electrons. The Balaban J connectivity index is 3.67. The van der Waals surface area contributed by atoms with Crippen LogP contribution < -0.4 is 0 Å². The van der Waals surface area contributed by atoms with Gasteiger partial charge in [-0.3, -0.25) is 0 Å². The average Bonchev–Trinajstić information content (AvgIpc) is 2.46. The maximum Gasteiger partial charge on any atom is 0.0783 e. The van der Waals surface area contributed by atoms with E-state index in [9.17, 15) is 5.21 Å². The van der Waals surface area contributed by atoms with Crippen LogP contribution in [0.2, 0.25) is 0 Å². The van der Waals surface area contributed by atoms with Crippen LogP contribution in [0.5, 0.6) is 0 Å². The number of hydrogen-bond donors (Lipinski definition) is 0. The summed E-state index contributed by atoms with van der Waals surface area (Å²) in [7, 11) is 0. The molecule has 0 aliphatic carbocycles. The number of unbranched alkanes of at least 4 members (excludes halogenated alkanes) is 9. The largest absolute Gasteiger partial charge is 0.633 e. The molecular formula is C18H39NO. The van der Waals surface area contributed by atoms with Crippen molar-refractivity contribution in [3.05, 3.63) is 5.21 Å². The first-order chi connectivity index (χ1) is 9.68. The molecule has 0 N–H and O–H groups in total. The van der Waals surface area contributed by atoms with Crippen molar-refractivity contribution in [2.75, 3.05) is 19.6 Å². The smallest absolute Gasteiger partial charge is 0.0783 e. The van der Waals surface area contributed by atoms with E-state index in [2.05, 4.69) is 20.8 Å². The molecule has 0 rings (SSSR count). The van der Waals surface area contributed by atoms with Crippen LogP contribution >= 0.6 is 0 Å². The zero-order valence-electron chi connectivity index (χ0n) is 14.5. The monoisotopic (exact) mass is 285 g/mol. The van der Waals surface area contributed by atoms with Crippen molar-refractivity contribution < 1.29 is 4.65 Å². The van der Waals surface area contributed by atoms with Gasteiger partial charge in [-0.15, -0.1) is 0 Å². The van der Waals surface area contributed by atoms with Crippen LogP contribution in [-0.2, 0) is 0 Å². The van der Waals surface area contributed by atoms with Crippen LogP contribution in [0.3, 0.4) is 0 Å². The van der Waals surface area contributed by atoms with Crippen molar-refractivity contribution >= 4 is 0 Å². The molecule has 0 amide bonds. The summed E-state index contributed by atoms with van der Waals surface area (Å²) >= 11 is 0. The Morgan fingerprint density at radius 2 is 0.850 bits per heavy atom. The van der Waals surface area contributed by atoms with Crippen molar-refractivity contribution in [3.63, 3.8) is 0 Å². The van der Waals surface area contributed by atoms with Crippen LogP contribution in [0.1, 0.15) is 97.8 Å². The van der Waals surface area contributed by atoms with Gasteiger partial charge in [-0.25, -0.2) is 0 Å². The Morgan fingerprint density at radius 1 is 0.500 bits per heavy atom. The van der Waals surface area contributed by atoms with Crippen LogP contribution in [0.25, 0.3) is 0 Å². The van der Waals surface area contributed by atoms with Crippen molar-refractivity contribution in [2.24, 2.45) is 0 Å². The van der Waals surface area contributed by atoms with Crippen molar-refractivity contribution in [1.29, 1.82) is 0 Å². The van der Waals surface area contributed by atoms with E-state index in [1.807, 2.05) is 0 Å². The predicted octanol–water partition coefficient (Wildman–Crippen LogP) is 6.04. The van der Waals surface area contributed by atoms with Gasteiger partial charge in [0.15, 0.2) is 0 Å². The Kier molecular flexibility index (Phi) is 13.8. The average molecular weight is 286 g/mol. The van der Waals surface area contributed by atoms with Gasteiger partial charge in [-0.05, 0) is 25.7 Å². The lowest BCUT2D eigenvalue weighted by Crippen LogP contribution is -2.44. The molecule has 0 unspecified atom stereocenters. The summed E-state index contributed by atoms with van der Waals surface area (Å²) in [4.78, 5) is 0. The van der Waals surface area contributed by atoms with Crippen molar-refractivity contribution in [1.82, 2.24) is 0 Å². The second kappa shape index (κ2) is 13.9. The highest BCUT2D eigenvalue weighted by Gasteiger charge is 2.14. The number of rotatable bonds is 15. The lowest BCUT2D eigenvalue weighted by Gasteiger charge is -2.43. The highest BCUT2D eigenvalue weighted by molar-refractivity contribution is 4.50. The fourth-order valence-electron chi connectivity index (χ4n) is 2.76. The number of quaternary nitrogens is 1. The Morgan fingerprint density at radius 3 is 1.30 bits per heavy atom. The molecule has 0 saturated carbocycles. The molecule has 0 aliphatic heterocycles. The minimum absolute atomic E-state index is 0.0809. The van der Waals surface area contributed by atoms with E-state index in [4.69, 9.17) is 0 Å². The van der Waals surface area contributed by atoms with Crippen LogP contribution in [0.4, 0.5) is 0 Å². The topological polar surface area (TPSA) is 23.1 Å². The number of hydrogen-bond acceptors (Lipinski definition) is 1. The van der Waals surface area contributed by atoms with E-state index in [0.29, 0.717) is 0 Å². The third-order valence-corrected chi connectivity index (χ3v) is 4.26. The van der Waals surface area contributed by atoms with Crippen molar-refractivity contribution in [3.8, 4) is 0 Å². The second-order valence-electron chi connectivity index (χ2n) is 6.41. The van der Waals surface area contributed by atoms with E-state index in [1.54, 1.807) is 0 Å². The third-order valence-electron chi connectivity index (χ3n) is 4.26. The molecule has 0 bridgehead atoms. The fourth-order valence-corrected chi connectivity index (χ4v) is 2.76. The molecular weight excluding hydrogens is 246 g/mol. The van der Waals surface area contributed by atoms with Gasteiger partial charge in [-0.1, -0.05) is 72.1 Å². The standard InChI is InChI=1S/C18H39NO/c1-4-7-10-11-12-13-14-15-18-19(20,16-8-5-2)17-9-6-3/h4-18H2,1-3H3. The van der Waals surface area contributed by atoms with Gasteiger partial charge in [0.25, 0.3) is 0 Å². The summed E-state index contributed by atoms with van der Waals surface area (Å²) in [6.45, 7) is 9.16. The normalized spacial score (nSPS) is 12.0. The second-order valence-corrected chi connectivity index (χ2v) is 6.41. The summed E-state index contributed by atoms with van der Waals surface area (Å²) < 4.78 is 0.0809. The quantitative estimate of drug-likeness (QED) is 0.204. The molecule has 0 spiro atoms. The minimum atomic E-state index is 0.0809. The summed E-state index contributed by atoms with van der Waals surface area (Å²) in [5.74, 6) is 0. The fraction of sp³-hybridized carbons (Fsp3) is 1.00. The minimum Gasteiger partial charge on any atom is -0.633 e. The lowest BCUT2D eigenvalue weighted by atomic mass is 10.1. The van der Waals surface area contributed by atoms with E-state index in [1.165, 1.54) is 44.9 Å². The van der Waals surface area contributed by atoms with E-state index >= 15 is 0 Å². The Labute approximate surface area is 128 Å². The zero-order valence-corrected chi connectivity index (χ0v) is 14.5. The van der Waals surface area contributed by atoms with Gasteiger partial charge < -0.3 is 9.85 Å². The third kappa shape index (κ3) is 11.7. The Hall–Kier alpha value is -0.0800. The molecule has 0 heterocycles. The van der Waals surface area contributed by atoms with Gasteiger partial charge in [0.05, 0.1) is 19.6 Å². The first kappa shape index (κ1) is 19.9. The molecule has 0 saturated heterocycles. The molecule has 0 fully saturated rings. The van der Waals surface area contributed by atoms with E-state index in [-0.39, 0.29) is 4.65 Å². The lowest BCUT2D eigenvalue weighted by molar-refractivity contribution is -0.881. The van der Waals surface area contributed by atoms with Crippen LogP contribution in [-0.4, -0.2) is 24.3 Å². The molecule has 20 heavy (non-hydrogen) atoms. The molecule has 0 aromatic carbocycles. The van der Waals surface area contributed by atoms with Gasteiger partial charge in [0.2, 0.25) is 0 Å². The van der Waals surface area contributed by atoms with Crippen molar-refractivity contribution in [2.45, 2.75) is 97.8 Å². The highest BCUT2D eigenvalue weighted by atomic mass is 16.5. The maximum atomic E-state index is 12.7. The maximum absolute atomic E-state index is 12.7. The first-order valence-corrected chi connectivity index (χ1v) is 9.25. The number of hydroxylamine groups is 3. The summed E-state index contributed by atoms with van der Waals surface area (Å²) in [5.41, 5.74) is 0. The summed E-state index contributed by atoms with van der Waals surface area (Å²) in [5, 5.41) is 12.7. The molecule has 0 aromatic heterocycles. The molecule has 2 nitrogen and oxygen atoms in total. The molecule has 0 aliphatic rings. The summed E-state index contributed by atoms with van der Waals surface area (Å²) in [6.07, 6.45) is 15.0. The molecule has 2 heteroatoms. The Bertz CT molecular complexity index is 186. The van der Waals surface area contributed by atoms with Gasteiger partial charge in [0, 0.05) is 0 Å². The molecule has 0 aromatic rings. The highest BCUT2D eigenvalue weighted by Crippen LogP contribution is 2.14. The van der Waals surface area contributed by atoms with Gasteiger partial charge in [-0.2, -0.15) is 0 Å². The van der Waals surface area contributed by atoms with Crippen LogP contribution in [0, 0.1) is 5.21 Å². The van der Waals surface area contributed by atoms with Gasteiger partial charge in [0.1, 0.15) is 0 Å². The molecule has 122 valence electrons. The first-order valence-electron chi connectivity index (χ1n) is 9.25. The summed E-state index contributed by atoms with van der Waals surface area (Å²) in [6, 6.07) is 0. The zero-order chi connectivity index (χ0) is 15.1. The van der Waals surface area contributed by atoms with E-state index < -0.39 is 0 Å². The SMILES string of the molecule is CCCCCCCCCC[N+]([O-])(CCCC)CCCC. The van der Waals surface area contributed by atoms with Gasteiger partial charge >= 0.3 is 0 Å². The molecule has 0 atom stereocenters.